The number of amides is 1. The van der Waals surface area contributed by atoms with Crippen molar-refractivity contribution in [1.82, 2.24) is 30.0 Å². The summed E-state index contributed by atoms with van der Waals surface area (Å²) in [6, 6.07) is 9.47. The minimum Gasteiger partial charge on any atom is -0.436 e. The van der Waals surface area contributed by atoms with Gasteiger partial charge in [0.2, 0.25) is 11.8 Å². The summed E-state index contributed by atoms with van der Waals surface area (Å²) in [6.07, 6.45) is 6.21. The van der Waals surface area contributed by atoms with E-state index in [2.05, 4.69) is 25.3 Å². The standard InChI is InChI=1S/C22H23N7O2/c1-24-21(30)18-8-15(12-28(18)2)29-11-14(10-26-29)13-7-16(20(23)25-9-13)22-27-17-5-3-4-6-19(17)31-22/h3-7,9-11,15,18H,8,12H2,1-2H3,(H2,23,25)(H,24,30)/t15-,18+/m1/s1. The summed E-state index contributed by atoms with van der Waals surface area (Å²) >= 11 is 0. The Morgan fingerprint density at radius 2 is 2.10 bits per heavy atom. The Morgan fingerprint density at radius 3 is 2.90 bits per heavy atom. The van der Waals surface area contributed by atoms with Crippen molar-refractivity contribution in [3.63, 3.8) is 0 Å². The first-order valence-corrected chi connectivity index (χ1v) is 10.1. The Balaban J connectivity index is 1.44. The molecule has 0 saturated carbocycles. The molecule has 0 unspecified atom stereocenters. The molecule has 3 N–H and O–H groups in total. The predicted molar refractivity (Wildman–Crippen MR) is 117 cm³/mol. The second kappa shape index (κ2) is 7.51. The third-order valence-electron chi connectivity index (χ3n) is 5.83. The van der Waals surface area contributed by atoms with E-state index in [1.54, 1.807) is 19.4 Å². The normalized spacial score (nSPS) is 19.2. The van der Waals surface area contributed by atoms with Crippen LogP contribution in [-0.4, -0.2) is 57.2 Å². The summed E-state index contributed by atoms with van der Waals surface area (Å²) in [7, 11) is 3.62. The Bertz CT molecular complexity index is 1230. The Morgan fingerprint density at radius 1 is 1.26 bits per heavy atom. The number of benzene rings is 1. The lowest BCUT2D eigenvalue weighted by molar-refractivity contribution is -0.124. The number of hydrogen-bond donors (Lipinski definition) is 2. The van der Waals surface area contributed by atoms with Crippen LogP contribution < -0.4 is 11.1 Å². The number of hydrogen-bond acceptors (Lipinski definition) is 7. The molecule has 1 fully saturated rings. The van der Waals surface area contributed by atoms with Crippen LogP contribution in [0.5, 0.6) is 0 Å². The van der Waals surface area contributed by atoms with E-state index in [1.165, 1.54) is 0 Å². The zero-order valence-corrected chi connectivity index (χ0v) is 17.3. The number of likely N-dealkylation sites (tertiary alicyclic amines) is 1. The SMILES string of the molecule is CNC(=O)[C@@H]1C[C@@H](n2cc(-c3cnc(N)c(-c4nc5ccccc5o4)c3)cn2)CN1C. The van der Waals surface area contributed by atoms with Gasteiger partial charge in [0.1, 0.15) is 11.3 Å². The first-order valence-electron chi connectivity index (χ1n) is 10.1. The van der Waals surface area contributed by atoms with Gasteiger partial charge in [0.15, 0.2) is 5.58 Å². The van der Waals surface area contributed by atoms with Crippen molar-refractivity contribution in [3.8, 4) is 22.6 Å². The van der Waals surface area contributed by atoms with Crippen molar-refractivity contribution >= 4 is 22.8 Å². The Kier molecular flexibility index (Phi) is 4.67. The number of anilines is 1. The quantitative estimate of drug-likeness (QED) is 0.524. The molecule has 4 heterocycles. The highest BCUT2D eigenvalue weighted by Gasteiger charge is 2.35. The van der Waals surface area contributed by atoms with Gasteiger partial charge in [-0.15, -0.1) is 0 Å². The molecule has 9 nitrogen and oxygen atoms in total. The van der Waals surface area contributed by atoms with Crippen molar-refractivity contribution in [2.75, 3.05) is 26.4 Å². The van der Waals surface area contributed by atoms with Gasteiger partial charge in [-0.25, -0.2) is 9.97 Å². The first kappa shape index (κ1) is 19.3. The maximum Gasteiger partial charge on any atom is 0.237 e. The highest BCUT2D eigenvalue weighted by molar-refractivity contribution is 5.82. The zero-order chi connectivity index (χ0) is 21.5. The lowest BCUT2D eigenvalue weighted by Crippen LogP contribution is -2.39. The van der Waals surface area contributed by atoms with E-state index in [0.717, 1.165) is 23.2 Å². The minimum absolute atomic E-state index is 0.0306. The van der Waals surface area contributed by atoms with E-state index in [1.807, 2.05) is 48.3 Å². The highest BCUT2D eigenvalue weighted by Crippen LogP contribution is 2.32. The van der Waals surface area contributed by atoms with Crippen LogP contribution in [0.3, 0.4) is 0 Å². The second-order valence-corrected chi connectivity index (χ2v) is 7.81. The molecule has 0 bridgehead atoms. The number of rotatable bonds is 4. The molecular weight excluding hydrogens is 394 g/mol. The molecular formula is C22H23N7O2. The van der Waals surface area contributed by atoms with Crippen LogP contribution in [0.25, 0.3) is 33.7 Å². The Hall–Kier alpha value is -3.72. The number of nitrogens with one attached hydrogen (secondary N) is 1. The van der Waals surface area contributed by atoms with Crippen molar-refractivity contribution in [2.24, 2.45) is 0 Å². The number of nitrogens with two attached hydrogens (primary N) is 1. The summed E-state index contributed by atoms with van der Waals surface area (Å²) < 4.78 is 7.79. The lowest BCUT2D eigenvalue weighted by Gasteiger charge is -2.16. The van der Waals surface area contributed by atoms with E-state index < -0.39 is 0 Å². The summed E-state index contributed by atoms with van der Waals surface area (Å²) in [4.78, 5) is 23.0. The second-order valence-electron chi connectivity index (χ2n) is 7.81. The van der Waals surface area contributed by atoms with Gasteiger partial charge >= 0.3 is 0 Å². The van der Waals surface area contributed by atoms with Gasteiger partial charge in [-0.2, -0.15) is 5.10 Å². The predicted octanol–water partition coefficient (Wildman–Crippen LogP) is 2.33. The summed E-state index contributed by atoms with van der Waals surface area (Å²) in [5.41, 5.74) is 10.0. The minimum atomic E-state index is -0.147. The molecule has 4 aromatic rings. The number of para-hydroxylation sites is 2. The Labute approximate surface area is 178 Å². The molecule has 0 spiro atoms. The average molecular weight is 417 g/mol. The van der Waals surface area contributed by atoms with Crippen LogP contribution in [0.15, 0.2) is 53.3 Å². The number of fused-ring (bicyclic) bond motifs is 1. The summed E-state index contributed by atoms with van der Waals surface area (Å²) in [5, 5.41) is 7.28. The molecule has 2 atom stereocenters. The molecule has 158 valence electrons. The molecule has 1 amide bonds. The first-order chi connectivity index (χ1) is 15.0. The average Bonchev–Trinajstić information content (AvgIpc) is 3.51. The molecule has 0 radical (unpaired) electrons. The largest absolute Gasteiger partial charge is 0.436 e. The number of nitrogen functional groups attached to an aromatic ring is 1. The van der Waals surface area contributed by atoms with Gasteiger partial charge in [-0.1, -0.05) is 12.1 Å². The third kappa shape index (κ3) is 3.42. The van der Waals surface area contributed by atoms with Gasteiger partial charge in [-0.05, 0) is 31.7 Å². The molecule has 1 aliphatic rings. The summed E-state index contributed by atoms with van der Waals surface area (Å²) in [5.74, 6) is 0.822. The maximum absolute atomic E-state index is 12.1. The molecule has 9 heteroatoms. The van der Waals surface area contributed by atoms with Gasteiger partial charge in [0, 0.05) is 37.1 Å². The van der Waals surface area contributed by atoms with E-state index >= 15 is 0 Å². The van der Waals surface area contributed by atoms with Crippen molar-refractivity contribution in [2.45, 2.75) is 18.5 Å². The molecule has 1 aromatic carbocycles. The number of likely N-dealkylation sites (N-methyl/N-ethyl adjacent to an activating group) is 2. The van der Waals surface area contributed by atoms with Crippen LogP contribution >= 0.6 is 0 Å². The highest BCUT2D eigenvalue weighted by atomic mass is 16.3. The van der Waals surface area contributed by atoms with Gasteiger partial charge in [0.25, 0.3) is 0 Å². The van der Waals surface area contributed by atoms with Gasteiger partial charge in [0.05, 0.1) is 23.8 Å². The van der Waals surface area contributed by atoms with Crippen molar-refractivity contribution < 1.29 is 9.21 Å². The fraction of sp³-hybridized carbons (Fsp3) is 0.273. The molecule has 1 saturated heterocycles. The van der Waals surface area contributed by atoms with Crippen molar-refractivity contribution in [3.05, 3.63) is 48.9 Å². The molecule has 5 rings (SSSR count). The number of aromatic nitrogens is 4. The van der Waals surface area contributed by atoms with Crippen LogP contribution in [0.2, 0.25) is 0 Å². The maximum atomic E-state index is 12.1. The number of carbonyl (C=O) groups is 1. The summed E-state index contributed by atoms with van der Waals surface area (Å²) in [6.45, 7) is 0.757. The smallest absolute Gasteiger partial charge is 0.237 e. The van der Waals surface area contributed by atoms with E-state index in [0.29, 0.717) is 29.3 Å². The monoisotopic (exact) mass is 417 g/mol. The van der Waals surface area contributed by atoms with Crippen LogP contribution in [-0.2, 0) is 4.79 Å². The van der Waals surface area contributed by atoms with Gasteiger partial charge in [-0.3, -0.25) is 14.4 Å². The van der Waals surface area contributed by atoms with Gasteiger partial charge < -0.3 is 15.5 Å². The lowest BCUT2D eigenvalue weighted by atomic mass is 10.1. The zero-order valence-electron chi connectivity index (χ0n) is 17.3. The molecule has 0 aliphatic carbocycles. The van der Waals surface area contributed by atoms with Crippen molar-refractivity contribution in [1.29, 1.82) is 0 Å². The van der Waals surface area contributed by atoms with Crippen LogP contribution in [0.4, 0.5) is 5.82 Å². The van der Waals surface area contributed by atoms with E-state index in [9.17, 15) is 4.79 Å². The van der Waals surface area contributed by atoms with Crippen LogP contribution in [0, 0.1) is 0 Å². The van der Waals surface area contributed by atoms with E-state index in [4.69, 9.17) is 10.2 Å². The fourth-order valence-corrected chi connectivity index (χ4v) is 4.12. The topological polar surface area (TPSA) is 115 Å². The number of nitrogens with zero attached hydrogens (tertiary/aromatic N) is 5. The molecule has 1 aliphatic heterocycles. The number of oxazole rings is 1. The fourth-order valence-electron chi connectivity index (χ4n) is 4.12. The third-order valence-corrected chi connectivity index (χ3v) is 5.83. The number of carbonyl (C=O) groups excluding carboxylic acids is 1. The number of pyridine rings is 1. The molecule has 31 heavy (non-hydrogen) atoms. The van der Waals surface area contributed by atoms with E-state index in [-0.39, 0.29) is 18.0 Å². The van der Waals surface area contributed by atoms with Crippen LogP contribution in [0.1, 0.15) is 12.5 Å². The molecule has 3 aromatic heterocycles.